The van der Waals surface area contributed by atoms with Crippen LogP contribution in [0.2, 0.25) is 0 Å². The summed E-state index contributed by atoms with van der Waals surface area (Å²) in [6.45, 7) is 9.42. The van der Waals surface area contributed by atoms with Gasteiger partial charge in [0.05, 0.1) is 12.8 Å². The Kier molecular flexibility index (Phi) is 10.2. The molecule has 4 N–H and O–H groups in total. The Morgan fingerprint density at radius 3 is 2.63 bits per heavy atom. The second-order valence-electron chi connectivity index (χ2n) is 9.97. The molecule has 4 rings (SSSR count). The number of rotatable bonds is 12. The molecule has 1 amide bonds. The van der Waals surface area contributed by atoms with E-state index in [1.54, 1.807) is 36.5 Å². The molecule has 222 valence electrons. The predicted octanol–water partition coefficient (Wildman–Crippen LogP) is 2.61. The molecule has 0 spiro atoms. The van der Waals surface area contributed by atoms with E-state index in [0.717, 1.165) is 4.52 Å². The van der Waals surface area contributed by atoms with Crippen molar-refractivity contribution in [3.63, 3.8) is 0 Å². The van der Waals surface area contributed by atoms with Crippen LogP contribution in [0.4, 0.5) is 5.95 Å². The van der Waals surface area contributed by atoms with E-state index in [-0.39, 0.29) is 23.7 Å². The molecular formula is C26H36N7O7P. The number of nitrogens with one attached hydrogen (secondary N) is 2. The molecule has 3 aromatic rings. The van der Waals surface area contributed by atoms with E-state index in [9.17, 15) is 19.8 Å². The fraction of sp³-hybridized carbons (Fsp3) is 0.500. The van der Waals surface area contributed by atoms with Crippen LogP contribution in [0.3, 0.4) is 0 Å². The number of carbonyl (C=O) groups excluding carboxylic acids is 1. The van der Waals surface area contributed by atoms with E-state index in [1.165, 1.54) is 6.20 Å². The molecule has 1 aliphatic rings. The van der Waals surface area contributed by atoms with E-state index in [2.05, 4.69) is 25.5 Å². The van der Waals surface area contributed by atoms with Crippen molar-refractivity contribution in [3.05, 3.63) is 58.1 Å². The molecule has 5 atom stereocenters. The maximum Gasteiger partial charge on any atom is 0.350 e. The van der Waals surface area contributed by atoms with E-state index in [4.69, 9.17) is 13.9 Å². The SMILES string of the molecule is CC/C=N/OP(OC1C(c2cnn3c(=O)[nH]c(NC(=O)c4ccccc4)nc23)OC(CO)C1O)N(C(C)C)C(C)C. The number of aliphatic hydroxyl groups excluding tert-OH is 2. The summed E-state index contributed by atoms with van der Waals surface area (Å²) in [5.41, 5.74) is 0.133. The second kappa shape index (κ2) is 13.6. The summed E-state index contributed by atoms with van der Waals surface area (Å²) in [6, 6.07) is 8.50. The number of carbonyl (C=O) groups is 1. The molecule has 3 heterocycles. The molecule has 41 heavy (non-hydrogen) atoms. The molecule has 1 aromatic carbocycles. The summed E-state index contributed by atoms with van der Waals surface area (Å²) in [5.74, 6) is -0.566. The fourth-order valence-corrected chi connectivity index (χ4v) is 6.11. The number of hydrogen-bond acceptors (Lipinski definition) is 11. The number of aliphatic hydroxyl groups is 2. The highest BCUT2D eigenvalue weighted by molar-refractivity contribution is 7.44. The Labute approximate surface area is 238 Å². The summed E-state index contributed by atoms with van der Waals surface area (Å²) in [7, 11) is -1.83. The van der Waals surface area contributed by atoms with Crippen LogP contribution in [0, 0.1) is 0 Å². The van der Waals surface area contributed by atoms with E-state index in [1.807, 2.05) is 39.3 Å². The van der Waals surface area contributed by atoms with Gasteiger partial charge in [-0.25, -0.2) is 9.46 Å². The highest BCUT2D eigenvalue weighted by Crippen LogP contribution is 2.51. The van der Waals surface area contributed by atoms with E-state index >= 15 is 0 Å². The molecule has 14 nitrogen and oxygen atoms in total. The van der Waals surface area contributed by atoms with Crippen LogP contribution in [-0.2, 0) is 13.9 Å². The number of oxime groups is 1. The average Bonchev–Trinajstić information content (AvgIpc) is 3.49. The van der Waals surface area contributed by atoms with Gasteiger partial charge in [0.15, 0.2) is 5.65 Å². The van der Waals surface area contributed by atoms with Crippen LogP contribution in [0.5, 0.6) is 0 Å². The minimum atomic E-state index is -1.83. The van der Waals surface area contributed by atoms with Gasteiger partial charge in [0.25, 0.3) is 5.91 Å². The third-order valence-corrected chi connectivity index (χ3v) is 8.29. The van der Waals surface area contributed by atoms with Crippen LogP contribution >= 0.6 is 8.53 Å². The zero-order chi connectivity index (χ0) is 29.7. The largest absolute Gasteiger partial charge is 0.394 e. The second-order valence-corrected chi connectivity index (χ2v) is 11.3. The number of hydrogen-bond donors (Lipinski definition) is 4. The zero-order valence-electron chi connectivity index (χ0n) is 23.5. The van der Waals surface area contributed by atoms with Crippen molar-refractivity contribution in [1.82, 2.24) is 24.3 Å². The number of fused-ring (bicyclic) bond motifs is 1. The summed E-state index contributed by atoms with van der Waals surface area (Å²) in [4.78, 5) is 32.4. The predicted molar refractivity (Wildman–Crippen MR) is 152 cm³/mol. The van der Waals surface area contributed by atoms with Crippen molar-refractivity contribution < 1.29 is 28.9 Å². The first kappa shape index (κ1) is 30.7. The molecule has 2 aromatic heterocycles. The van der Waals surface area contributed by atoms with E-state index < -0.39 is 51.1 Å². The Hall–Kier alpha value is -3.26. The van der Waals surface area contributed by atoms with Gasteiger partial charge in [0.1, 0.15) is 24.4 Å². The van der Waals surface area contributed by atoms with Gasteiger partial charge in [0, 0.05) is 29.4 Å². The number of benzene rings is 1. The van der Waals surface area contributed by atoms with Gasteiger partial charge in [-0.3, -0.25) is 15.1 Å². The van der Waals surface area contributed by atoms with Gasteiger partial charge in [-0.1, -0.05) is 30.3 Å². The highest BCUT2D eigenvalue weighted by Gasteiger charge is 2.49. The Bertz CT molecular complexity index is 1390. The maximum absolute atomic E-state index is 12.8. The molecule has 0 radical (unpaired) electrons. The van der Waals surface area contributed by atoms with Gasteiger partial charge < -0.3 is 24.1 Å². The van der Waals surface area contributed by atoms with Gasteiger partial charge in [-0.2, -0.15) is 14.6 Å². The normalized spacial score (nSPS) is 21.9. The molecule has 15 heteroatoms. The molecule has 1 fully saturated rings. The first-order valence-corrected chi connectivity index (χ1v) is 14.5. The van der Waals surface area contributed by atoms with Crippen LogP contribution in [0.1, 0.15) is 63.1 Å². The third kappa shape index (κ3) is 6.80. The van der Waals surface area contributed by atoms with Crippen molar-refractivity contribution in [2.75, 3.05) is 11.9 Å². The van der Waals surface area contributed by atoms with Gasteiger partial charge >= 0.3 is 14.2 Å². The molecule has 0 saturated carbocycles. The van der Waals surface area contributed by atoms with Crippen molar-refractivity contribution >= 4 is 32.2 Å². The topological polar surface area (TPSA) is 176 Å². The summed E-state index contributed by atoms with van der Waals surface area (Å²) in [5, 5.41) is 31.9. The smallest absolute Gasteiger partial charge is 0.350 e. The van der Waals surface area contributed by atoms with Crippen LogP contribution in [0.15, 0.2) is 46.5 Å². The Morgan fingerprint density at radius 1 is 1.29 bits per heavy atom. The monoisotopic (exact) mass is 589 g/mol. The standard InChI is InChI=1S/C26H36N7O7P/c1-6-12-28-40-41(33(15(2)3)16(4)5)39-22-20(35)19(14-34)38-21(22)18-13-27-32-23(18)29-25(31-26(32)37)30-24(36)17-10-8-7-9-11-17/h7-13,15-16,19-22,34-35H,6,14H2,1-5H3,(H2,29,30,31,36,37)/b28-12+. The number of nitrogens with zero attached hydrogens (tertiary/aromatic N) is 5. The number of amides is 1. The summed E-state index contributed by atoms with van der Waals surface area (Å²) in [6.07, 6.45) is -0.605. The number of aromatic amines is 1. The number of aromatic nitrogens is 4. The van der Waals surface area contributed by atoms with Crippen LogP contribution < -0.4 is 11.0 Å². The zero-order valence-corrected chi connectivity index (χ0v) is 24.4. The lowest BCUT2D eigenvalue weighted by molar-refractivity contribution is -0.0224. The maximum atomic E-state index is 12.8. The van der Waals surface area contributed by atoms with Crippen molar-refractivity contribution in [3.8, 4) is 0 Å². The highest BCUT2D eigenvalue weighted by atomic mass is 31.2. The van der Waals surface area contributed by atoms with Gasteiger partial charge in [0.2, 0.25) is 5.95 Å². The first-order valence-electron chi connectivity index (χ1n) is 13.4. The quantitative estimate of drug-likeness (QED) is 0.140. The molecule has 5 unspecified atom stereocenters. The third-order valence-electron chi connectivity index (χ3n) is 6.33. The lowest BCUT2D eigenvalue weighted by atomic mass is 10.0. The van der Waals surface area contributed by atoms with Crippen molar-refractivity contribution in [2.45, 2.75) is 77.5 Å². The average molecular weight is 590 g/mol. The molecule has 1 aliphatic heterocycles. The summed E-state index contributed by atoms with van der Waals surface area (Å²) < 4.78 is 21.2. The number of H-pyrrole nitrogens is 1. The minimum Gasteiger partial charge on any atom is -0.394 e. The van der Waals surface area contributed by atoms with Crippen molar-refractivity contribution in [2.24, 2.45) is 5.16 Å². The lowest BCUT2D eigenvalue weighted by Gasteiger charge is -2.35. The van der Waals surface area contributed by atoms with Crippen LogP contribution in [0.25, 0.3) is 5.65 Å². The lowest BCUT2D eigenvalue weighted by Crippen LogP contribution is -2.38. The molecule has 1 saturated heterocycles. The van der Waals surface area contributed by atoms with Crippen LogP contribution in [-0.4, -0.2) is 83.6 Å². The van der Waals surface area contributed by atoms with Crippen molar-refractivity contribution in [1.29, 1.82) is 0 Å². The number of anilines is 1. The first-order chi connectivity index (χ1) is 19.7. The minimum absolute atomic E-state index is 0.0116. The molecule has 0 aliphatic carbocycles. The summed E-state index contributed by atoms with van der Waals surface area (Å²) >= 11 is 0. The fourth-order valence-electron chi connectivity index (χ4n) is 4.53. The number of ether oxygens (including phenoxy) is 1. The van der Waals surface area contributed by atoms with E-state index in [0.29, 0.717) is 17.5 Å². The molecule has 0 bridgehead atoms. The Balaban J connectivity index is 1.70. The van der Waals surface area contributed by atoms with Gasteiger partial charge in [-0.05, 0) is 46.2 Å². The molecular weight excluding hydrogens is 553 g/mol. The Morgan fingerprint density at radius 2 is 2.00 bits per heavy atom. The van der Waals surface area contributed by atoms with Gasteiger partial charge in [-0.15, -0.1) is 0 Å².